The second kappa shape index (κ2) is 5.41. The molecular formula is C15H26N2O2. The van der Waals surface area contributed by atoms with Gasteiger partial charge in [-0.25, -0.2) is 0 Å². The highest BCUT2D eigenvalue weighted by molar-refractivity contribution is 5.80. The molecule has 3 aliphatic rings. The average molecular weight is 266 g/mol. The molecular weight excluding hydrogens is 240 g/mol. The Morgan fingerprint density at radius 2 is 2.11 bits per heavy atom. The molecule has 19 heavy (non-hydrogen) atoms. The first-order valence-corrected chi connectivity index (χ1v) is 7.89. The molecule has 3 aliphatic carbocycles. The maximum atomic E-state index is 11.5. The molecule has 0 radical (unpaired) electrons. The number of rotatable bonds is 7. The zero-order valence-corrected chi connectivity index (χ0v) is 11.9. The lowest BCUT2D eigenvalue weighted by atomic mass is 9.51. The number of hydrogen-bond donors (Lipinski definition) is 2. The van der Waals surface area contributed by atoms with Gasteiger partial charge in [0.1, 0.15) is 0 Å². The van der Waals surface area contributed by atoms with Gasteiger partial charge in [-0.1, -0.05) is 6.42 Å². The second-order valence-electron chi connectivity index (χ2n) is 6.34. The molecule has 108 valence electrons. The predicted octanol–water partition coefficient (Wildman–Crippen LogP) is 1.45. The molecule has 4 heteroatoms. The first-order valence-electron chi connectivity index (χ1n) is 7.89. The predicted molar refractivity (Wildman–Crippen MR) is 73.8 cm³/mol. The Labute approximate surface area is 115 Å². The lowest BCUT2D eigenvalue weighted by Gasteiger charge is -2.61. The second-order valence-corrected chi connectivity index (χ2v) is 6.34. The minimum atomic E-state index is 0.251. The van der Waals surface area contributed by atoms with Crippen molar-refractivity contribution in [2.24, 2.45) is 11.3 Å². The molecule has 3 saturated carbocycles. The Morgan fingerprint density at radius 3 is 2.68 bits per heavy atom. The molecule has 2 atom stereocenters. The summed E-state index contributed by atoms with van der Waals surface area (Å²) >= 11 is 0. The molecule has 0 saturated heterocycles. The Bertz CT molecular complexity index is 337. The summed E-state index contributed by atoms with van der Waals surface area (Å²) in [6.07, 6.45) is 7.75. The number of hydrogen-bond acceptors (Lipinski definition) is 3. The van der Waals surface area contributed by atoms with E-state index in [1.54, 1.807) is 0 Å². The van der Waals surface area contributed by atoms with E-state index in [-0.39, 0.29) is 5.91 Å². The molecule has 4 nitrogen and oxygen atoms in total. The van der Waals surface area contributed by atoms with E-state index in [9.17, 15) is 4.79 Å². The van der Waals surface area contributed by atoms with Crippen LogP contribution in [0.2, 0.25) is 0 Å². The van der Waals surface area contributed by atoms with E-state index in [2.05, 4.69) is 17.6 Å². The van der Waals surface area contributed by atoms with Crippen LogP contribution in [0.25, 0.3) is 0 Å². The van der Waals surface area contributed by atoms with Crippen LogP contribution in [-0.2, 0) is 9.53 Å². The summed E-state index contributed by atoms with van der Waals surface area (Å²) < 4.78 is 5.84. The van der Waals surface area contributed by atoms with E-state index < -0.39 is 0 Å². The highest BCUT2D eigenvalue weighted by Crippen LogP contribution is 2.57. The highest BCUT2D eigenvalue weighted by atomic mass is 16.5. The fraction of sp³-hybridized carbons (Fsp3) is 0.933. The van der Waals surface area contributed by atoms with E-state index in [4.69, 9.17) is 4.74 Å². The average Bonchev–Trinajstić information content (AvgIpc) is 3.13. The van der Waals surface area contributed by atoms with Gasteiger partial charge in [-0.15, -0.1) is 0 Å². The van der Waals surface area contributed by atoms with Gasteiger partial charge in [0.2, 0.25) is 5.91 Å². The third-order valence-electron chi connectivity index (χ3n) is 5.20. The first-order chi connectivity index (χ1) is 9.26. The van der Waals surface area contributed by atoms with Gasteiger partial charge in [0.15, 0.2) is 0 Å². The minimum absolute atomic E-state index is 0.251. The summed E-state index contributed by atoms with van der Waals surface area (Å²) in [6.45, 7) is 4.57. The van der Waals surface area contributed by atoms with Crippen LogP contribution in [0.5, 0.6) is 0 Å². The van der Waals surface area contributed by atoms with E-state index in [1.165, 1.54) is 19.3 Å². The molecule has 2 N–H and O–H groups in total. The molecule has 0 bridgehead atoms. The molecule has 1 amide bonds. The van der Waals surface area contributed by atoms with Crippen LogP contribution < -0.4 is 10.6 Å². The number of ether oxygens (including phenoxy) is 1. The standard InChI is InChI=1S/C15H26N2O2/c1-2-19-13-10-12(15(13)6-3-7-15)16-8-9-17-14(18)11-4-5-11/h11-13,16H,2-10H2,1H3,(H,17,18). The highest BCUT2D eigenvalue weighted by Gasteiger charge is 2.58. The summed E-state index contributed by atoms with van der Waals surface area (Å²) in [6, 6.07) is 0.607. The number of carbonyl (C=O) groups is 1. The molecule has 2 unspecified atom stereocenters. The minimum Gasteiger partial charge on any atom is -0.378 e. The molecule has 0 aromatic heterocycles. The van der Waals surface area contributed by atoms with Crippen LogP contribution >= 0.6 is 0 Å². The van der Waals surface area contributed by atoms with Crippen molar-refractivity contribution in [3.05, 3.63) is 0 Å². The fourth-order valence-corrected chi connectivity index (χ4v) is 3.65. The number of carbonyl (C=O) groups excluding carboxylic acids is 1. The van der Waals surface area contributed by atoms with Gasteiger partial charge in [0, 0.05) is 37.1 Å². The SMILES string of the molecule is CCOC1CC(NCCNC(=O)C2CC2)C12CCC2. The Hall–Kier alpha value is -0.610. The number of nitrogens with one attached hydrogen (secondary N) is 2. The maximum Gasteiger partial charge on any atom is 0.223 e. The third-order valence-corrected chi connectivity index (χ3v) is 5.20. The maximum absolute atomic E-state index is 11.5. The van der Waals surface area contributed by atoms with Crippen LogP contribution in [0.15, 0.2) is 0 Å². The van der Waals surface area contributed by atoms with Crippen molar-refractivity contribution < 1.29 is 9.53 Å². The quantitative estimate of drug-likeness (QED) is 0.686. The summed E-state index contributed by atoms with van der Waals surface area (Å²) in [5, 5.41) is 6.64. The summed E-state index contributed by atoms with van der Waals surface area (Å²) in [4.78, 5) is 11.5. The third kappa shape index (κ3) is 2.52. The van der Waals surface area contributed by atoms with Gasteiger partial charge in [0.25, 0.3) is 0 Å². The van der Waals surface area contributed by atoms with Crippen LogP contribution in [0.1, 0.15) is 45.4 Å². The molecule has 3 fully saturated rings. The van der Waals surface area contributed by atoms with E-state index >= 15 is 0 Å². The van der Waals surface area contributed by atoms with Crippen molar-refractivity contribution in [3.63, 3.8) is 0 Å². The number of amides is 1. The van der Waals surface area contributed by atoms with Crippen molar-refractivity contribution in [2.75, 3.05) is 19.7 Å². The molecule has 0 aromatic rings. The largest absolute Gasteiger partial charge is 0.378 e. The van der Waals surface area contributed by atoms with Crippen LogP contribution in [0.4, 0.5) is 0 Å². The summed E-state index contributed by atoms with van der Waals surface area (Å²) in [5.74, 6) is 0.574. The van der Waals surface area contributed by atoms with Crippen LogP contribution in [0.3, 0.4) is 0 Å². The van der Waals surface area contributed by atoms with E-state index in [0.29, 0.717) is 23.5 Å². The van der Waals surface area contributed by atoms with Crippen molar-refractivity contribution in [1.82, 2.24) is 10.6 Å². The molecule has 0 aliphatic heterocycles. The van der Waals surface area contributed by atoms with Gasteiger partial charge >= 0.3 is 0 Å². The van der Waals surface area contributed by atoms with Crippen molar-refractivity contribution >= 4 is 5.91 Å². The Kier molecular flexibility index (Phi) is 3.81. The lowest BCUT2D eigenvalue weighted by Crippen LogP contribution is -2.67. The molecule has 1 spiro atoms. The Morgan fingerprint density at radius 1 is 1.32 bits per heavy atom. The Balaban J connectivity index is 1.35. The summed E-state index contributed by atoms with van der Waals surface area (Å²) in [5.41, 5.74) is 0.427. The molecule has 0 heterocycles. The van der Waals surface area contributed by atoms with Crippen LogP contribution in [-0.4, -0.2) is 37.7 Å². The van der Waals surface area contributed by atoms with Crippen molar-refractivity contribution in [3.8, 4) is 0 Å². The topological polar surface area (TPSA) is 50.4 Å². The van der Waals surface area contributed by atoms with Gasteiger partial charge < -0.3 is 15.4 Å². The molecule has 3 rings (SSSR count). The smallest absolute Gasteiger partial charge is 0.223 e. The normalized spacial score (nSPS) is 31.6. The monoisotopic (exact) mass is 266 g/mol. The zero-order chi connectivity index (χ0) is 13.3. The van der Waals surface area contributed by atoms with E-state index in [1.807, 2.05) is 0 Å². The van der Waals surface area contributed by atoms with Gasteiger partial charge in [-0.2, -0.15) is 0 Å². The van der Waals surface area contributed by atoms with Gasteiger partial charge in [-0.3, -0.25) is 4.79 Å². The lowest BCUT2D eigenvalue weighted by molar-refractivity contribution is -0.172. The van der Waals surface area contributed by atoms with E-state index in [0.717, 1.165) is 39.0 Å². The zero-order valence-electron chi connectivity index (χ0n) is 11.9. The molecule has 0 aromatic carbocycles. The fourth-order valence-electron chi connectivity index (χ4n) is 3.65. The van der Waals surface area contributed by atoms with Gasteiger partial charge in [-0.05, 0) is 39.0 Å². The first kappa shape index (κ1) is 13.4. The van der Waals surface area contributed by atoms with Gasteiger partial charge in [0.05, 0.1) is 6.10 Å². The van der Waals surface area contributed by atoms with Crippen molar-refractivity contribution in [2.45, 2.75) is 57.6 Å². The van der Waals surface area contributed by atoms with Crippen molar-refractivity contribution in [1.29, 1.82) is 0 Å². The van der Waals surface area contributed by atoms with Crippen LogP contribution in [0, 0.1) is 11.3 Å². The summed E-state index contributed by atoms with van der Waals surface area (Å²) in [7, 11) is 0.